The number of methoxy groups -OCH3 is 1. The first-order valence-electron chi connectivity index (χ1n) is 6.25. The predicted molar refractivity (Wildman–Crippen MR) is 72.6 cm³/mol. The van der Waals surface area contributed by atoms with Crippen LogP contribution in [0.15, 0.2) is 12.1 Å². The highest BCUT2D eigenvalue weighted by atomic mass is 16.6. The highest BCUT2D eigenvalue weighted by Gasteiger charge is 2.22. The minimum Gasteiger partial charge on any atom is -0.493 e. The van der Waals surface area contributed by atoms with E-state index in [1.165, 1.54) is 26.2 Å². The third-order valence-corrected chi connectivity index (χ3v) is 2.75. The Kier molecular flexibility index (Phi) is 5.92. The standard InChI is InChI=1S/C13H17NO7/c1-8(15)9-6-11(20-2)12(7-10(9)14(18)19)21-5-3-4-13(16)17/h6-8,15H,3-5H2,1-2H3,(H,16,17)/t8-/m1/s1. The summed E-state index contributed by atoms with van der Waals surface area (Å²) < 4.78 is 10.4. The van der Waals surface area contributed by atoms with Crippen LogP contribution in [0.3, 0.4) is 0 Å². The van der Waals surface area contributed by atoms with Crippen molar-refractivity contribution in [3.05, 3.63) is 27.8 Å². The number of rotatable bonds is 8. The largest absolute Gasteiger partial charge is 0.493 e. The lowest BCUT2D eigenvalue weighted by Gasteiger charge is -2.13. The van der Waals surface area contributed by atoms with Crippen molar-refractivity contribution in [3.63, 3.8) is 0 Å². The smallest absolute Gasteiger partial charge is 0.303 e. The molecule has 0 radical (unpaired) electrons. The lowest BCUT2D eigenvalue weighted by atomic mass is 10.1. The molecule has 116 valence electrons. The van der Waals surface area contributed by atoms with Gasteiger partial charge in [-0.05, 0) is 19.4 Å². The van der Waals surface area contributed by atoms with E-state index in [1.807, 2.05) is 0 Å². The summed E-state index contributed by atoms with van der Waals surface area (Å²) in [4.78, 5) is 20.8. The molecule has 1 aromatic rings. The van der Waals surface area contributed by atoms with Gasteiger partial charge in [0.1, 0.15) is 0 Å². The van der Waals surface area contributed by atoms with E-state index >= 15 is 0 Å². The van der Waals surface area contributed by atoms with Gasteiger partial charge in [0.15, 0.2) is 11.5 Å². The Morgan fingerprint density at radius 1 is 1.43 bits per heavy atom. The van der Waals surface area contributed by atoms with Gasteiger partial charge in [0, 0.05) is 6.42 Å². The maximum absolute atomic E-state index is 11.0. The molecule has 0 saturated heterocycles. The van der Waals surface area contributed by atoms with Crippen LogP contribution in [0, 0.1) is 10.1 Å². The number of nitro groups is 1. The Labute approximate surface area is 121 Å². The average Bonchev–Trinajstić information content (AvgIpc) is 2.42. The summed E-state index contributed by atoms with van der Waals surface area (Å²) >= 11 is 0. The molecule has 0 aliphatic rings. The number of carboxylic acid groups (broad SMARTS) is 1. The van der Waals surface area contributed by atoms with Gasteiger partial charge in [-0.15, -0.1) is 0 Å². The van der Waals surface area contributed by atoms with Crippen molar-refractivity contribution in [1.82, 2.24) is 0 Å². The van der Waals surface area contributed by atoms with Crippen molar-refractivity contribution in [2.45, 2.75) is 25.9 Å². The zero-order valence-electron chi connectivity index (χ0n) is 11.7. The first-order valence-corrected chi connectivity index (χ1v) is 6.25. The molecule has 1 rings (SSSR count). The fourth-order valence-electron chi connectivity index (χ4n) is 1.74. The second kappa shape index (κ2) is 7.44. The molecule has 2 N–H and O–H groups in total. The van der Waals surface area contributed by atoms with Crippen molar-refractivity contribution in [3.8, 4) is 11.5 Å². The van der Waals surface area contributed by atoms with E-state index in [-0.39, 0.29) is 42.2 Å². The minimum atomic E-state index is -1.03. The van der Waals surface area contributed by atoms with Gasteiger partial charge >= 0.3 is 5.97 Å². The summed E-state index contributed by atoms with van der Waals surface area (Å²) in [7, 11) is 1.37. The Balaban J connectivity index is 2.99. The molecule has 1 atom stereocenters. The third-order valence-electron chi connectivity index (χ3n) is 2.75. The molecule has 0 fully saturated rings. The normalized spacial score (nSPS) is 11.8. The number of carbonyl (C=O) groups is 1. The monoisotopic (exact) mass is 299 g/mol. The number of ether oxygens (including phenoxy) is 2. The van der Waals surface area contributed by atoms with Crippen LogP contribution >= 0.6 is 0 Å². The lowest BCUT2D eigenvalue weighted by molar-refractivity contribution is -0.386. The van der Waals surface area contributed by atoms with E-state index in [4.69, 9.17) is 14.6 Å². The maximum atomic E-state index is 11.0. The van der Waals surface area contributed by atoms with Crippen LogP contribution in [0.4, 0.5) is 5.69 Å². The molecule has 0 bridgehead atoms. The van der Waals surface area contributed by atoms with Gasteiger partial charge in [-0.1, -0.05) is 0 Å². The third kappa shape index (κ3) is 4.60. The second-order valence-corrected chi connectivity index (χ2v) is 4.34. The van der Waals surface area contributed by atoms with Crippen molar-refractivity contribution < 1.29 is 29.4 Å². The predicted octanol–water partition coefficient (Wildman–Crippen LogP) is 1.90. The van der Waals surface area contributed by atoms with E-state index in [1.54, 1.807) is 0 Å². The molecule has 0 saturated carbocycles. The van der Waals surface area contributed by atoms with Crippen LogP contribution in [0.1, 0.15) is 31.4 Å². The van der Waals surface area contributed by atoms with Crippen LogP contribution in [0.2, 0.25) is 0 Å². The molecule has 8 nitrogen and oxygen atoms in total. The zero-order chi connectivity index (χ0) is 16.0. The number of carboxylic acids is 1. The number of nitrogens with zero attached hydrogens (tertiary/aromatic N) is 1. The minimum absolute atomic E-state index is 0.0594. The lowest BCUT2D eigenvalue weighted by Crippen LogP contribution is -2.05. The van der Waals surface area contributed by atoms with E-state index in [2.05, 4.69) is 0 Å². The van der Waals surface area contributed by atoms with E-state index < -0.39 is 17.0 Å². The summed E-state index contributed by atoms with van der Waals surface area (Å²) in [6.07, 6.45) is -0.819. The van der Waals surface area contributed by atoms with Crippen LogP contribution in [-0.4, -0.2) is 34.8 Å². The highest BCUT2D eigenvalue weighted by molar-refractivity contribution is 5.66. The van der Waals surface area contributed by atoms with Crippen molar-refractivity contribution in [1.29, 1.82) is 0 Å². The number of aliphatic hydroxyl groups excluding tert-OH is 1. The van der Waals surface area contributed by atoms with Gasteiger partial charge in [-0.2, -0.15) is 0 Å². The van der Waals surface area contributed by atoms with Gasteiger partial charge < -0.3 is 19.7 Å². The summed E-state index contributed by atoms with van der Waals surface area (Å²) in [5.41, 5.74) is -0.159. The van der Waals surface area contributed by atoms with Crippen molar-refractivity contribution in [2.75, 3.05) is 13.7 Å². The average molecular weight is 299 g/mol. The summed E-state index contributed by atoms with van der Waals surface area (Å²) in [5, 5.41) is 29.1. The Bertz CT molecular complexity index is 527. The van der Waals surface area contributed by atoms with Crippen LogP contribution in [-0.2, 0) is 4.79 Å². The first kappa shape index (κ1) is 16.7. The SMILES string of the molecule is COc1cc([C@@H](C)O)c([N+](=O)[O-])cc1OCCCC(=O)O. The molecule has 1 aromatic carbocycles. The molecule has 21 heavy (non-hydrogen) atoms. The highest BCUT2D eigenvalue weighted by Crippen LogP contribution is 2.37. The summed E-state index contributed by atoms with van der Waals surface area (Å²) in [6, 6.07) is 2.51. The number of hydrogen-bond donors (Lipinski definition) is 2. The Hall–Kier alpha value is -2.35. The van der Waals surface area contributed by atoms with Gasteiger partial charge in [0.05, 0.1) is 36.4 Å². The summed E-state index contributed by atoms with van der Waals surface area (Å²) in [6.45, 7) is 1.50. The van der Waals surface area contributed by atoms with E-state index in [0.717, 1.165) is 0 Å². The summed E-state index contributed by atoms with van der Waals surface area (Å²) in [5.74, 6) is -0.563. The van der Waals surface area contributed by atoms with Crippen LogP contribution < -0.4 is 9.47 Å². The maximum Gasteiger partial charge on any atom is 0.303 e. The second-order valence-electron chi connectivity index (χ2n) is 4.34. The number of hydrogen-bond acceptors (Lipinski definition) is 6. The fraction of sp³-hybridized carbons (Fsp3) is 0.462. The molecule has 0 unspecified atom stereocenters. The molecular formula is C13H17NO7. The number of nitro benzene ring substituents is 1. The number of aliphatic carboxylic acids is 1. The molecular weight excluding hydrogens is 282 g/mol. The molecule has 0 spiro atoms. The van der Waals surface area contributed by atoms with Gasteiger partial charge in [-0.3, -0.25) is 14.9 Å². The molecule has 0 aliphatic carbocycles. The number of benzene rings is 1. The first-order chi connectivity index (χ1) is 9.86. The molecule has 8 heteroatoms. The van der Waals surface area contributed by atoms with Gasteiger partial charge in [0.2, 0.25) is 0 Å². The van der Waals surface area contributed by atoms with Crippen LogP contribution in [0.25, 0.3) is 0 Å². The van der Waals surface area contributed by atoms with Crippen molar-refractivity contribution in [2.24, 2.45) is 0 Å². The van der Waals surface area contributed by atoms with E-state index in [9.17, 15) is 20.0 Å². The van der Waals surface area contributed by atoms with Gasteiger partial charge in [0.25, 0.3) is 5.69 Å². The fourth-order valence-corrected chi connectivity index (χ4v) is 1.74. The topological polar surface area (TPSA) is 119 Å². The molecule has 0 aliphatic heterocycles. The van der Waals surface area contributed by atoms with E-state index in [0.29, 0.717) is 0 Å². The Morgan fingerprint density at radius 2 is 2.10 bits per heavy atom. The number of aliphatic hydroxyl groups is 1. The molecule has 0 amide bonds. The molecule has 0 aromatic heterocycles. The quantitative estimate of drug-likeness (QED) is 0.427. The van der Waals surface area contributed by atoms with Gasteiger partial charge in [-0.25, -0.2) is 0 Å². The van der Waals surface area contributed by atoms with Crippen LogP contribution in [0.5, 0.6) is 11.5 Å². The zero-order valence-corrected chi connectivity index (χ0v) is 11.7. The Morgan fingerprint density at radius 3 is 2.57 bits per heavy atom. The van der Waals surface area contributed by atoms with Crippen molar-refractivity contribution >= 4 is 11.7 Å². The molecule has 0 heterocycles.